The fourth-order valence-corrected chi connectivity index (χ4v) is 2.98. The van der Waals surface area contributed by atoms with Crippen LogP contribution in [0.2, 0.25) is 0 Å². The summed E-state index contributed by atoms with van der Waals surface area (Å²) < 4.78 is 27.9. The highest BCUT2D eigenvalue weighted by atomic mass is 19.3. The molecule has 0 heterocycles. The van der Waals surface area contributed by atoms with Crippen molar-refractivity contribution in [2.75, 3.05) is 0 Å². The standard InChI is InChI=1S/C17H20F2O/c1-4-15(17(18,19)5-2)14-9-13-8-11(3)6-7-12(13)10-16(14)20/h5-8,10,14-15,20H,2,4,9H2,1,3H3. The summed E-state index contributed by atoms with van der Waals surface area (Å²) in [6.07, 6.45) is 3.05. The molecule has 0 radical (unpaired) electrons. The first-order valence-corrected chi connectivity index (χ1v) is 6.90. The highest BCUT2D eigenvalue weighted by Crippen LogP contribution is 2.41. The highest BCUT2D eigenvalue weighted by Gasteiger charge is 2.43. The molecule has 0 aliphatic heterocycles. The van der Waals surface area contributed by atoms with Crippen LogP contribution in [0, 0.1) is 18.8 Å². The minimum Gasteiger partial charge on any atom is -0.512 e. The number of benzene rings is 1. The number of halogens is 2. The third kappa shape index (κ3) is 2.62. The van der Waals surface area contributed by atoms with Crippen molar-refractivity contribution in [1.29, 1.82) is 0 Å². The molecule has 2 unspecified atom stereocenters. The molecule has 1 N–H and O–H groups in total. The molecule has 2 rings (SSSR count). The second kappa shape index (κ2) is 5.39. The Morgan fingerprint density at radius 1 is 1.50 bits per heavy atom. The van der Waals surface area contributed by atoms with Gasteiger partial charge in [-0.1, -0.05) is 37.3 Å². The highest BCUT2D eigenvalue weighted by molar-refractivity contribution is 5.59. The first-order valence-electron chi connectivity index (χ1n) is 6.90. The van der Waals surface area contributed by atoms with Gasteiger partial charge in [0.15, 0.2) is 0 Å². The summed E-state index contributed by atoms with van der Waals surface area (Å²) in [7, 11) is 0. The van der Waals surface area contributed by atoms with Crippen molar-refractivity contribution >= 4 is 6.08 Å². The van der Waals surface area contributed by atoms with Gasteiger partial charge < -0.3 is 5.11 Å². The van der Waals surface area contributed by atoms with Crippen molar-refractivity contribution in [2.24, 2.45) is 11.8 Å². The molecule has 2 atom stereocenters. The van der Waals surface area contributed by atoms with Crippen LogP contribution in [-0.4, -0.2) is 11.0 Å². The summed E-state index contributed by atoms with van der Waals surface area (Å²) >= 11 is 0. The van der Waals surface area contributed by atoms with Gasteiger partial charge in [0.2, 0.25) is 0 Å². The van der Waals surface area contributed by atoms with E-state index in [2.05, 4.69) is 6.58 Å². The average Bonchev–Trinajstić information content (AvgIpc) is 2.40. The van der Waals surface area contributed by atoms with Gasteiger partial charge >= 0.3 is 0 Å². The molecule has 0 amide bonds. The number of aliphatic hydroxyl groups is 1. The maximum Gasteiger partial charge on any atom is 0.269 e. The van der Waals surface area contributed by atoms with Crippen molar-refractivity contribution in [2.45, 2.75) is 32.6 Å². The Morgan fingerprint density at radius 3 is 2.80 bits per heavy atom. The minimum atomic E-state index is -2.97. The van der Waals surface area contributed by atoms with Crippen molar-refractivity contribution in [1.82, 2.24) is 0 Å². The molecule has 1 aromatic carbocycles. The molecule has 1 aliphatic rings. The quantitative estimate of drug-likeness (QED) is 0.775. The molecule has 0 saturated carbocycles. The number of hydrogen-bond acceptors (Lipinski definition) is 1. The Kier molecular flexibility index (Phi) is 3.98. The van der Waals surface area contributed by atoms with E-state index in [1.807, 2.05) is 25.1 Å². The summed E-state index contributed by atoms with van der Waals surface area (Å²) in [5.41, 5.74) is 3.04. The minimum absolute atomic E-state index is 0.0507. The van der Waals surface area contributed by atoms with E-state index in [4.69, 9.17) is 0 Å². The number of rotatable bonds is 4. The molecule has 20 heavy (non-hydrogen) atoms. The smallest absolute Gasteiger partial charge is 0.269 e. The number of aryl methyl sites for hydroxylation is 1. The van der Waals surface area contributed by atoms with Gasteiger partial charge in [-0.3, -0.25) is 0 Å². The number of hydrogen-bond donors (Lipinski definition) is 1. The van der Waals surface area contributed by atoms with E-state index < -0.39 is 17.8 Å². The van der Waals surface area contributed by atoms with Crippen LogP contribution in [0.25, 0.3) is 6.08 Å². The van der Waals surface area contributed by atoms with E-state index in [0.29, 0.717) is 18.9 Å². The summed E-state index contributed by atoms with van der Waals surface area (Å²) in [6.45, 7) is 6.93. The van der Waals surface area contributed by atoms with Gasteiger partial charge in [-0.05, 0) is 43.0 Å². The van der Waals surface area contributed by atoms with Crippen LogP contribution in [0.5, 0.6) is 0 Å². The Labute approximate surface area is 118 Å². The van der Waals surface area contributed by atoms with Gasteiger partial charge in [0, 0.05) is 11.8 Å². The summed E-state index contributed by atoms with van der Waals surface area (Å²) in [4.78, 5) is 0. The van der Waals surface area contributed by atoms with E-state index in [-0.39, 0.29) is 5.76 Å². The van der Waals surface area contributed by atoms with Crippen molar-refractivity contribution in [3.8, 4) is 0 Å². The Balaban J connectivity index is 2.38. The fraction of sp³-hybridized carbons (Fsp3) is 0.412. The van der Waals surface area contributed by atoms with E-state index >= 15 is 0 Å². The molecule has 1 aromatic rings. The monoisotopic (exact) mass is 278 g/mol. The lowest BCUT2D eigenvalue weighted by Crippen LogP contribution is -2.35. The van der Waals surface area contributed by atoms with Gasteiger partial charge in [-0.25, -0.2) is 8.78 Å². The molecule has 1 aliphatic carbocycles. The topological polar surface area (TPSA) is 20.2 Å². The van der Waals surface area contributed by atoms with E-state index in [1.165, 1.54) is 0 Å². The van der Waals surface area contributed by atoms with Gasteiger partial charge in [0.05, 0.1) is 5.76 Å². The Morgan fingerprint density at radius 2 is 2.20 bits per heavy atom. The molecule has 0 spiro atoms. The van der Waals surface area contributed by atoms with Gasteiger partial charge in [0.1, 0.15) is 0 Å². The van der Waals surface area contributed by atoms with E-state index in [0.717, 1.165) is 16.7 Å². The summed E-state index contributed by atoms with van der Waals surface area (Å²) in [5, 5.41) is 10.1. The Hall–Kier alpha value is -1.64. The van der Waals surface area contributed by atoms with Crippen molar-refractivity contribution in [3.05, 3.63) is 53.3 Å². The lowest BCUT2D eigenvalue weighted by Gasteiger charge is -2.33. The number of allylic oxidation sites excluding steroid dienone is 2. The number of alkyl halides is 2. The van der Waals surface area contributed by atoms with Crippen LogP contribution in [0.3, 0.4) is 0 Å². The zero-order valence-electron chi connectivity index (χ0n) is 11.9. The summed E-state index contributed by atoms with van der Waals surface area (Å²) in [6, 6.07) is 5.88. The third-order valence-corrected chi connectivity index (χ3v) is 4.11. The van der Waals surface area contributed by atoms with Crippen LogP contribution >= 0.6 is 0 Å². The third-order valence-electron chi connectivity index (χ3n) is 4.11. The van der Waals surface area contributed by atoms with Gasteiger partial charge in [0.25, 0.3) is 5.92 Å². The van der Waals surface area contributed by atoms with Crippen LogP contribution < -0.4 is 0 Å². The molecule has 3 heteroatoms. The number of fused-ring (bicyclic) bond motifs is 1. The SMILES string of the molecule is C=CC(F)(F)C(CC)C1Cc2cc(C)ccc2C=C1O. The van der Waals surface area contributed by atoms with Gasteiger partial charge in [-0.2, -0.15) is 0 Å². The maximum atomic E-state index is 14.0. The van der Waals surface area contributed by atoms with Crippen molar-refractivity contribution in [3.63, 3.8) is 0 Å². The van der Waals surface area contributed by atoms with E-state index in [9.17, 15) is 13.9 Å². The molecular weight excluding hydrogens is 258 g/mol. The fourth-order valence-electron chi connectivity index (χ4n) is 2.98. The van der Waals surface area contributed by atoms with Crippen molar-refractivity contribution < 1.29 is 13.9 Å². The molecule has 0 aromatic heterocycles. The lowest BCUT2D eigenvalue weighted by molar-refractivity contribution is -0.0366. The Bertz CT molecular complexity index is 546. The maximum absolute atomic E-state index is 14.0. The van der Waals surface area contributed by atoms with Crippen LogP contribution in [0.15, 0.2) is 36.6 Å². The van der Waals surface area contributed by atoms with Crippen LogP contribution in [0.4, 0.5) is 8.78 Å². The largest absolute Gasteiger partial charge is 0.512 e. The van der Waals surface area contributed by atoms with Crippen LogP contribution in [-0.2, 0) is 6.42 Å². The number of aliphatic hydroxyl groups excluding tert-OH is 1. The second-order valence-corrected chi connectivity index (χ2v) is 5.48. The molecule has 108 valence electrons. The zero-order valence-corrected chi connectivity index (χ0v) is 11.9. The molecule has 1 nitrogen and oxygen atoms in total. The van der Waals surface area contributed by atoms with Crippen LogP contribution in [0.1, 0.15) is 30.0 Å². The predicted molar refractivity (Wildman–Crippen MR) is 77.9 cm³/mol. The molecule has 0 fully saturated rings. The lowest BCUT2D eigenvalue weighted by atomic mass is 9.76. The molecular formula is C17H20F2O. The molecule has 0 bridgehead atoms. The molecule has 0 saturated heterocycles. The first-order chi connectivity index (χ1) is 9.39. The van der Waals surface area contributed by atoms with Gasteiger partial charge in [-0.15, -0.1) is 0 Å². The normalized spacial score (nSPS) is 20.0. The first kappa shape index (κ1) is 14.8. The second-order valence-electron chi connectivity index (χ2n) is 5.48. The average molecular weight is 278 g/mol. The predicted octanol–water partition coefficient (Wildman–Crippen LogP) is 4.91. The zero-order chi connectivity index (χ0) is 14.9. The van der Waals surface area contributed by atoms with E-state index in [1.54, 1.807) is 13.0 Å². The summed E-state index contributed by atoms with van der Waals surface area (Å²) in [5.74, 6) is -4.40.